The van der Waals surface area contributed by atoms with E-state index in [1.165, 1.54) is 0 Å². The van der Waals surface area contributed by atoms with Crippen molar-refractivity contribution < 1.29 is 9.53 Å². The van der Waals surface area contributed by atoms with Crippen LogP contribution in [0.5, 0.6) is 0 Å². The minimum atomic E-state index is -0.228. The number of aryl methyl sites for hydroxylation is 1. The second-order valence-corrected chi connectivity index (χ2v) is 5.58. The summed E-state index contributed by atoms with van der Waals surface area (Å²) in [6.07, 6.45) is 5.72. The summed E-state index contributed by atoms with van der Waals surface area (Å²) < 4.78 is 7.53. The zero-order chi connectivity index (χ0) is 15.5. The van der Waals surface area contributed by atoms with Gasteiger partial charge in [-0.1, -0.05) is 6.07 Å². The molecule has 1 saturated heterocycles. The van der Waals surface area contributed by atoms with Gasteiger partial charge in [0.2, 0.25) is 5.91 Å². The summed E-state index contributed by atoms with van der Waals surface area (Å²) >= 11 is 0. The summed E-state index contributed by atoms with van der Waals surface area (Å²) in [5, 5.41) is 7.22. The molecule has 1 aliphatic rings. The molecule has 1 fully saturated rings. The Morgan fingerprint density at radius 3 is 3.00 bits per heavy atom. The van der Waals surface area contributed by atoms with Gasteiger partial charge in [-0.3, -0.25) is 14.5 Å². The van der Waals surface area contributed by atoms with Crippen molar-refractivity contribution in [1.29, 1.82) is 0 Å². The minimum absolute atomic E-state index is 0.0139. The Morgan fingerprint density at radius 1 is 1.45 bits per heavy atom. The van der Waals surface area contributed by atoms with Crippen molar-refractivity contribution in [3.63, 3.8) is 0 Å². The maximum atomic E-state index is 12.6. The Kier molecular flexibility index (Phi) is 4.20. The van der Waals surface area contributed by atoms with Gasteiger partial charge in [-0.15, -0.1) is 0 Å². The van der Waals surface area contributed by atoms with Gasteiger partial charge in [0.1, 0.15) is 6.10 Å². The third-order valence-corrected chi connectivity index (χ3v) is 4.12. The summed E-state index contributed by atoms with van der Waals surface area (Å²) in [5.41, 5.74) is 1.93. The highest BCUT2D eigenvalue weighted by Crippen LogP contribution is 2.34. The Balaban J connectivity index is 1.70. The lowest BCUT2D eigenvalue weighted by Gasteiger charge is -2.21. The predicted molar refractivity (Wildman–Crippen MR) is 80.8 cm³/mol. The number of hydrogen-bond donors (Lipinski definition) is 1. The zero-order valence-electron chi connectivity index (χ0n) is 12.8. The van der Waals surface area contributed by atoms with Crippen LogP contribution < -0.4 is 5.32 Å². The van der Waals surface area contributed by atoms with Gasteiger partial charge in [-0.2, -0.15) is 5.10 Å². The van der Waals surface area contributed by atoms with Crippen LogP contribution in [-0.4, -0.2) is 27.3 Å². The molecule has 0 radical (unpaired) electrons. The van der Waals surface area contributed by atoms with Crippen LogP contribution in [-0.2, 0) is 16.6 Å². The topological polar surface area (TPSA) is 69.0 Å². The summed E-state index contributed by atoms with van der Waals surface area (Å²) in [5.74, 6) is -0.172. The Bertz CT molecular complexity index is 641. The van der Waals surface area contributed by atoms with E-state index in [0.29, 0.717) is 6.61 Å². The monoisotopic (exact) mass is 300 g/mol. The molecule has 2 aromatic rings. The quantitative estimate of drug-likeness (QED) is 0.934. The van der Waals surface area contributed by atoms with E-state index in [0.717, 1.165) is 17.7 Å². The number of rotatable bonds is 4. The Hall–Kier alpha value is -2.21. The molecule has 0 saturated carbocycles. The molecular weight excluding hydrogens is 280 g/mol. The maximum Gasteiger partial charge on any atom is 0.226 e. The molecule has 6 heteroatoms. The summed E-state index contributed by atoms with van der Waals surface area (Å²) in [7, 11) is 1.87. The number of pyridine rings is 1. The van der Waals surface area contributed by atoms with Gasteiger partial charge >= 0.3 is 0 Å². The second-order valence-electron chi connectivity index (χ2n) is 5.58. The van der Waals surface area contributed by atoms with Gasteiger partial charge in [-0.05, 0) is 31.0 Å². The molecule has 0 bridgehead atoms. The molecule has 0 aromatic carbocycles. The summed E-state index contributed by atoms with van der Waals surface area (Å²) in [6.45, 7) is 2.55. The Morgan fingerprint density at radius 2 is 2.32 bits per heavy atom. The molecule has 6 nitrogen and oxygen atoms in total. The standard InChI is InChI=1S/C16H20N4O2/c1-11(12-4-3-7-17-10-12)19-16(21)13-6-9-22-15(13)14-5-8-18-20(14)2/h3-5,7-8,10-11,13,15H,6,9H2,1-2H3,(H,19,21)/t11?,13-,15-/m1/s1. The molecule has 3 atom stereocenters. The lowest BCUT2D eigenvalue weighted by atomic mass is 9.97. The van der Waals surface area contributed by atoms with Gasteiger partial charge in [-0.25, -0.2) is 0 Å². The molecule has 116 valence electrons. The van der Waals surface area contributed by atoms with Gasteiger partial charge in [0, 0.05) is 32.2 Å². The van der Waals surface area contributed by atoms with E-state index in [9.17, 15) is 4.79 Å². The minimum Gasteiger partial charge on any atom is -0.371 e. The van der Waals surface area contributed by atoms with E-state index in [1.54, 1.807) is 23.3 Å². The average molecular weight is 300 g/mol. The third kappa shape index (κ3) is 2.87. The van der Waals surface area contributed by atoms with Crippen molar-refractivity contribution in [2.75, 3.05) is 6.61 Å². The maximum absolute atomic E-state index is 12.6. The molecule has 2 aromatic heterocycles. The van der Waals surface area contributed by atoms with Crippen LogP contribution in [0.1, 0.15) is 36.7 Å². The molecule has 3 heterocycles. The van der Waals surface area contributed by atoms with Gasteiger partial charge in [0.25, 0.3) is 0 Å². The SMILES string of the molecule is CC(NC(=O)[C@@H]1CCO[C@H]1c1ccnn1C)c1cccnc1. The van der Waals surface area contributed by atoms with Crippen molar-refractivity contribution in [3.8, 4) is 0 Å². The molecule has 3 rings (SSSR count). The van der Waals surface area contributed by atoms with Crippen LogP contribution >= 0.6 is 0 Å². The number of nitrogens with one attached hydrogen (secondary N) is 1. The Labute approximate surface area is 129 Å². The van der Waals surface area contributed by atoms with Crippen LogP contribution in [0, 0.1) is 5.92 Å². The highest BCUT2D eigenvalue weighted by molar-refractivity contribution is 5.80. The molecule has 0 spiro atoms. The number of amides is 1. The highest BCUT2D eigenvalue weighted by atomic mass is 16.5. The molecule has 0 aliphatic carbocycles. The van der Waals surface area contributed by atoms with E-state index in [2.05, 4.69) is 15.4 Å². The van der Waals surface area contributed by atoms with E-state index >= 15 is 0 Å². The molecule has 1 amide bonds. The van der Waals surface area contributed by atoms with Crippen LogP contribution in [0.3, 0.4) is 0 Å². The number of aromatic nitrogens is 3. The first-order valence-electron chi connectivity index (χ1n) is 7.46. The smallest absolute Gasteiger partial charge is 0.226 e. The fraction of sp³-hybridized carbons (Fsp3) is 0.438. The second kappa shape index (κ2) is 6.27. The van der Waals surface area contributed by atoms with E-state index in [-0.39, 0.29) is 24.0 Å². The fourth-order valence-electron chi connectivity index (χ4n) is 2.85. The van der Waals surface area contributed by atoms with Gasteiger partial charge in [0.05, 0.1) is 17.7 Å². The van der Waals surface area contributed by atoms with Crippen molar-refractivity contribution in [2.24, 2.45) is 13.0 Å². The average Bonchev–Trinajstić information content (AvgIpc) is 3.16. The number of carbonyl (C=O) groups is 1. The number of nitrogens with zero attached hydrogens (tertiary/aromatic N) is 3. The predicted octanol–water partition coefficient (Wildman–Crippen LogP) is 1.77. The van der Waals surface area contributed by atoms with Gasteiger partial charge in [0.15, 0.2) is 0 Å². The molecule has 22 heavy (non-hydrogen) atoms. The lowest BCUT2D eigenvalue weighted by molar-refractivity contribution is -0.127. The van der Waals surface area contributed by atoms with E-state index in [1.807, 2.05) is 32.2 Å². The third-order valence-electron chi connectivity index (χ3n) is 4.12. The van der Waals surface area contributed by atoms with Gasteiger partial charge < -0.3 is 10.1 Å². The first kappa shape index (κ1) is 14.7. The van der Waals surface area contributed by atoms with Crippen LogP contribution in [0.2, 0.25) is 0 Å². The van der Waals surface area contributed by atoms with Crippen molar-refractivity contribution in [1.82, 2.24) is 20.1 Å². The number of carbonyl (C=O) groups excluding carboxylic acids is 1. The first-order valence-corrected chi connectivity index (χ1v) is 7.46. The lowest BCUT2D eigenvalue weighted by Crippen LogP contribution is -2.34. The van der Waals surface area contributed by atoms with E-state index in [4.69, 9.17) is 4.74 Å². The van der Waals surface area contributed by atoms with Crippen LogP contribution in [0.4, 0.5) is 0 Å². The molecule has 1 N–H and O–H groups in total. The van der Waals surface area contributed by atoms with E-state index < -0.39 is 0 Å². The largest absolute Gasteiger partial charge is 0.371 e. The van der Waals surface area contributed by atoms with Crippen molar-refractivity contribution in [3.05, 3.63) is 48.0 Å². The van der Waals surface area contributed by atoms with Crippen LogP contribution in [0.25, 0.3) is 0 Å². The highest BCUT2D eigenvalue weighted by Gasteiger charge is 2.37. The first-order chi connectivity index (χ1) is 10.7. The summed E-state index contributed by atoms with van der Waals surface area (Å²) in [6, 6.07) is 5.66. The van der Waals surface area contributed by atoms with Crippen molar-refractivity contribution in [2.45, 2.75) is 25.5 Å². The number of hydrogen-bond acceptors (Lipinski definition) is 4. The molecule has 1 aliphatic heterocycles. The molecule has 1 unspecified atom stereocenters. The van der Waals surface area contributed by atoms with Crippen molar-refractivity contribution >= 4 is 5.91 Å². The summed E-state index contributed by atoms with van der Waals surface area (Å²) in [4.78, 5) is 16.7. The fourth-order valence-corrected chi connectivity index (χ4v) is 2.85. The normalized spacial score (nSPS) is 22.5. The van der Waals surface area contributed by atoms with Crippen LogP contribution in [0.15, 0.2) is 36.8 Å². The number of ether oxygens (including phenoxy) is 1. The molecular formula is C16H20N4O2. The zero-order valence-corrected chi connectivity index (χ0v) is 12.8.